The highest BCUT2D eigenvalue weighted by Gasteiger charge is 2.21. The highest BCUT2D eigenvalue weighted by atomic mass is 16.5. The van der Waals surface area contributed by atoms with Crippen LogP contribution >= 0.6 is 0 Å². The zero-order chi connectivity index (χ0) is 16.6. The van der Waals surface area contributed by atoms with E-state index in [0.29, 0.717) is 6.10 Å². The first kappa shape index (κ1) is 17.1. The summed E-state index contributed by atoms with van der Waals surface area (Å²) in [6.07, 6.45) is 6.12. The Labute approximate surface area is 145 Å². The number of carbonyl (C=O) groups is 1. The van der Waals surface area contributed by atoms with Crippen LogP contribution in [0, 0.1) is 0 Å². The number of urea groups is 1. The van der Waals surface area contributed by atoms with E-state index in [1.165, 1.54) is 24.9 Å². The zero-order valence-corrected chi connectivity index (χ0v) is 14.5. The fourth-order valence-electron chi connectivity index (χ4n) is 3.48. The summed E-state index contributed by atoms with van der Waals surface area (Å²) in [5.41, 5.74) is 1.24. The number of hydrogen-bond acceptors (Lipinski definition) is 3. The number of ether oxygens (including phenoxy) is 1. The first-order valence-corrected chi connectivity index (χ1v) is 9.27. The summed E-state index contributed by atoms with van der Waals surface area (Å²) >= 11 is 0. The van der Waals surface area contributed by atoms with Crippen molar-refractivity contribution in [1.29, 1.82) is 0 Å². The van der Waals surface area contributed by atoms with Crippen LogP contribution in [0.3, 0.4) is 0 Å². The van der Waals surface area contributed by atoms with E-state index in [1.54, 1.807) is 0 Å². The average Bonchev–Trinajstić information content (AvgIpc) is 2.67. The van der Waals surface area contributed by atoms with Crippen molar-refractivity contribution >= 4 is 11.7 Å². The lowest BCUT2D eigenvalue weighted by atomic mass is 10.0. The van der Waals surface area contributed by atoms with Crippen LogP contribution in [0.25, 0.3) is 0 Å². The normalized spacial score (nSPS) is 21.6. The molecule has 0 saturated carbocycles. The molecule has 0 bridgehead atoms. The zero-order valence-electron chi connectivity index (χ0n) is 14.5. The molecule has 2 saturated heterocycles. The van der Waals surface area contributed by atoms with Gasteiger partial charge in [0.1, 0.15) is 0 Å². The van der Waals surface area contributed by atoms with Gasteiger partial charge in [-0.3, -0.25) is 0 Å². The van der Waals surface area contributed by atoms with Gasteiger partial charge in [0.05, 0.1) is 6.10 Å². The Kier molecular flexibility index (Phi) is 6.35. The van der Waals surface area contributed by atoms with Gasteiger partial charge in [0.2, 0.25) is 0 Å². The number of piperazine rings is 1. The molecule has 1 N–H and O–H groups in total. The van der Waals surface area contributed by atoms with Gasteiger partial charge in [0, 0.05) is 45.0 Å². The molecule has 5 nitrogen and oxygen atoms in total. The van der Waals surface area contributed by atoms with E-state index in [2.05, 4.69) is 34.5 Å². The summed E-state index contributed by atoms with van der Waals surface area (Å²) in [5.74, 6) is 0. The maximum atomic E-state index is 12.3. The van der Waals surface area contributed by atoms with Gasteiger partial charge >= 0.3 is 6.03 Å². The van der Waals surface area contributed by atoms with Crippen LogP contribution in [0.15, 0.2) is 30.3 Å². The van der Waals surface area contributed by atoms with E-state index in [4.69, 9.17) is 4.74 Å². The summed E-state index contributed by atoms with van der Waals surface area (Å²) in [7, 11) is 0. The largest absolute Gasteiger partial charge is 0.378 e. The first-order valence-electron chi connectivity index (χ1n) is 9.27. The molecule has 5 heteroatoms. The van der Waals surface area contributed by atoms with Gasteiger partial charge in [-0.25, -0.2) is 4.79 Å². The molecular weight excluding hydrogens is 302 g/mol. The van der Waals surface area contributed by atoms with Crippen LogP contribution in [0.2, 0.25) is 0 Å². The third-order valence-corrected chi connectivity index (χ3v) is 4.94. The van der Waals surface area contributed by atoms with E-state index < -0.39 is 0 Å². The molecule has 2 heterocycles. The molecule has 0 spiro atoms. The first-order chi connectivity index (χ1) is 11.8. The van der Waals surface area contributed by atoms with Crippen LogP contribution in [-0.4, -0.2) is 56.4 Å². The van der Waals surface area contributed by atoms with Crippen LogP contribution < -0.4 is 10.2 Å². The number of nitrogens with zero attached hydrogens (tertiary/aromatic N) is 2. The monoisotopic (exact) mass is 331 g/mol. The molecule has 3 rings (SSSR count). The Morgan fingerprint density at radius 1 is 1.12 bits per heavy atom. The van der Waals surface area contributed by atoms with Crippen molar-refractivity contribution in [1.82, 2.24) is 10.2 Å². The fraction of sp³-hybridized carbons (Fsp3) is 0.632. The molecule has 0 aromatic heterocycles. The van der Waals surface area contributed by atoms with Crippen molar-refractivity contribution in [2.75, 3.05) is 44.2 Å². The van der Waals surface area contributed by atoms with Crippen molar-refractivity contribution in [2.24, 2.45) is 0 Å². The van der Waals surface area contributed by atoms with Crippen LogP contribution in [-0.2, 0) is 4.74 Å². The van der Waals surface area contributed by atoms with E-state index in [-0.39, 0.29) is 6.03 Å². The fourth-order valence-corrected chi connectivity index (χ4v) is 3.48. The quantitative estimate of drug-likeness (QED) is 0.844. The summed E-state index contributed by atoms with van der Waals surface area (Å²) in [6, 6.07) is 10.5. The summed E-state index contributed by atoms with van der Waals surface area (Å²) in [5, 5.41) is 3.06. The van der Waals surface area contributed by atoms with Crippen molar-refractivity contribution in [3.8, 4) is 0 Å². The minimum Gasteiger partial charge on any atom is -0.378 e. The van der Waals surface area contributed by atoms with Crippen LogP contribution in [0.4, 0.5) is 10.5 Å². The molecule has 1 atom stereocenters. The standard InChI is InChI=1S/C19H29N3O2/c23-19(20-11-6-10-18-9-4-5-16-24-18)22-14-12-21(13-15-22)17-7-2-1-3-8-17/h1-3,7-8,18H,4-6,9-16H2,(H,20,23)/t18-/m1/s1. The molecule has 0 unspecified atom stereocenters. The number of amides is 2. The predicted molar refractivity (Wildman–Crippen MR) is 96.5 cm³/mol. The van der Waals surface area contributed by atoms with Gasteiger partial charge in [-0.1, -0.05) is 18.2 Å². The Hall–Kier alpha value is -1.75. The van der Waals surface area contributed by atoms with Gasteiger partial charge < -0.3 is 19.9 Å². The molecule has 2 aliphatic rings. The second kappa shape index (κ2) is 8.92. The molecule has 0 aliphatic carbocycles. The van der Waals surface area contributed by atoms with Crippen LogP contribution in [0.1, 0.15) is 32.1 Å². The van der Waals surface area contributed by atoms with E-state index in [1.807, 2.05) is 11.0 Å². The Balaban J connectivity index is 1.32. The van der Waals surface area contributed by atoms with Crippen molar-refractivity contribution < 1.29 is 9.53 Å². The predicted octanol–water partition coefficient (Wildman–Crippen LogP) is 2.87. The number of hydrogen-bond donors (Lipinski definition) is 1. The second-order valence-corrected chi connectivity index (χ2v) is 6.67. The lowest BCUT2D eigenvalue weighted by Crippen LogP contribution is -2.52. The molecule has 1 aromatic rings. The van der Waals surface area contributed by atoms with Gasteiger partial charge in [-0.05, 0) is 44.2 Å². The topological polar surface area (TPSA) is 44.8 Å². The third-order valence-electron chi connectivity index (χ3n) is 4.94. The minimum atomic E-state index is 0.0762. The highest BCUT2D eigenvalue weighted by molar-refractivity contribution is 5.74. The summed E-state index contributed by atoms with van der Waals surface area (Å²) in [4.78, 5) is 16.5. The highest BCUT2D eigenvalue weighted by Crippen LogP contribution is 2.17. The molecule has 2 aliphatic heterocycles. The maximum absolute atomic E-state index is 12.3. The SMILES string of the molecule is O=C(NCCC[C@H]1CCCCO1)N1CCN(c2ccccc2)CC1. The number of rotatable bonds is 5. The second-order valence-electron chi connectivity index (χ2n) is 6.67. The van der Waals surface area contributed by atoms with E-state index in [9.17, 15) is 4.79 Å². The number of anilines is 1. The molecule has 1 aromatic carbocycles. The molecule has 132 valence electrons. The van der Waals surface area contributed by atoms with Crippen molar-refractivity contribution in [3.05, 3.63) is 30.3 Å². The maximum Gasteiger partial charge on any atom is 0.317 e. The number of carbonyl (C=O) groups excluding carboxylic acids is 1. The molecule has 24 heavy (non-hydrogen) atoms. The van der Waals surface area contributed by atoms with Gasteiger partial charge in [-0.15, -0.1) is 0 Å². The van der Waals surface area contributed by atoms with Gasteiger partial charge in [0.15, 0.2) is 0 Å². The Morgan fingerprint density at radius 2 is 1.92 bits per heavy atom. The summed E-state index contributed by atoms with van der Waals surface area (Å²) in [6.45, 7) is 5.01. The van der Waals surface area contributed by atoms with Crippen molar-refractivity contribution in [2.45, 2.75) is 38.2 Å². The molecule has 2 amide bonds. The molecule has 0 radical (unpaired) electrons. The van der Waals surface area contributed by atoms with Gasteiger partial charge in [0.25, 0.3) is 0 Å². The van der Waals surface area contributed by atoms with Crippen LogP contribution in [0.5, 0.6) is 0 Å². The third kappa shape index (κ3) is 4.87. The molecule has 2 fully saturated rings. The average molecular weight is 331 g/mol. The van der Waals surface area contributed by atoms with E-state index in [0.717, 1.165) is 52.2 Å². The Bertz CT molecular complexity index is 495. The number of para-hydroxylation sites is 1. The molecular formula is C19H29N3O2. The number of nitrogens with one attached hydrogen (secondary N) is 1. The van der Waals surface area contributed by atoms with Crippen molar-refractivity contribution in [3.63, 3.8) is 0 Å². The lowest BCUT2D eigenvalue weighted by molar-refractivity contribution is 0.0102. The van der Waals surface area contributed by atoms with E-state index >= 15 is 0 Å². The minimum absolute atomic E-state index is 0.0762. The lowest BCUT2D eigenvalue weighted by Gasteiger charge is -2.36. The Morgan fingerprint density at radius 3 is 2.62 bits per heavy atom. The van der Waals surface area contributed by atoms with Gasteiger partial charge in [-0.2, -0.15) is 0 Å². The number of benzene rings is 1. The smallest absolute Gasteiger partial charge is 0.317 e. The summed E-state index contributed by atoms with van der Waals surface area (Å²) < 4.78 is 5.73.